The molecule has 0 amide bonds. The first-order valence-corrected chi connectivity index (χ1v) is 5.36. The largest absolute Gasteiger partial charge is 0.462 e. The molecule has 0 fully saturated rings. The highest BCUT2D eigenvalue weighted by atomic mass is 35.5. The third-order valence-electron chi connectivity index (χ3n) is 2.03. The average molecular weight is 244 g/mol. The highest BCUT2D eigenvalue weighted by Gasteiger charge is 2.12. The Labute approximate surface area is 99.0 Å². The second-order valence-electron chi connectivity index (χ2n) is 3.28. The molecule has 1 aromatic rings. The lowest BCUT2D eigenvalue weighted by molar-refractivity contribution is 0.0493. The monoisotopic (exact) mass is 243 g/mol. The second-order valence-corrected chi connectivity index (χ2v) is 3.65. The molecule has 0 aliphatic heterocycles. The van der Waals surface area contributed by atoms with Crippen LogP contribution in [0.2, 0.25) is 5.02 Å². The number of ether oxygens (including phenoxy) is 1. The summed E-state index contributed by atoms with van der Waals surface area (Å²) in [5.41, 5.74) is 6.18. The van der Waals surface area contributed by atoms with Crippen molar-refractivity contribution in [2.75, 3.05) is 18.9 Å². The molecule has 5 heteroatoms. The molecule has 0 atom stereocenters. The molecule has 16 heavy (non-hydrogen) atoms. The SMILES string of the molecule is Nc1cccc(C(=O)OCCCCO)c1Cl. The summed E-state index contributed by atoms with van der Waals surface area (Å²) in [7, 11) is 0. The molecule has 0 saturated heterocycles. The Hall–Kier alpha value is -1.26. The minimum absolute atomic E-state index is 0.0938. The number of halogens is 1. The Balaban J connectivity index is 2.56. The Morgan fingerprint density at radius 3 is 2.88 bits per heavy atom. The number of carbonyl (C=O) groups excluding carboxylic acids is 1. The molecule has 4 nitrogen and oxygen atoms in total. The van der Waals surface area contributed by atoms with E-state index in [2.05, 4.69) is 0 Å². The van der Waals surface area contributed by atoms with Crippen molar-refractivity contribution in [3.63, 3.8) is 0 Å². The van der Waals surface area contributed by atoms with Gasteiger partial charge in [-0.1, -0.05) is 17.7 Å². The van der Waals surface area contributed by atoms with E-state index in [0.717, 1.165) is 0 Å². The van der Waals surface area contributed by atoms with Crippen molar-refractivity contribution in [3.05, 3.63) is 28.8 Å². The van der Waals surface area contributed by atoms with Crippen molar-refractivity contribution in [2.45, 2.75) is 12.8 Å². The first-order chi connectivity index (χ1) is 7.66. The lowest BCUT2D eigenvalue weighted by Gasteiger charge is -2.06. The first kappa shape index (κ1) is 12.8. The molecule has 3 N–H and O–H groups in total. The Morgan fingerprint density at radius 2 is 2.19 bits per heavy atom. The molecule has 0 bridgehead atoms. The number of hydrogen-bond acceptors (Lipinski definition) is 4. The van der Waals surface area contributed by atoms with Crippen LogP contribution in [0, 0.1) is 0 Å². The fourth-order valence-electron chi connectivity index (χ4n) is 1.16. The first-order valence-electron chi connectivity index (χ1n) is 4.98. The van der Waals surface area contributed by atoms with Gasteiger partial charge < -0.3 is 15.6 Å². The molecule has 0 aromatic heterocycles. The Bertz CT molecular complexity index is 368. The van der Waals surface area contributed by atoms with Gasteiger partial charge in [-0.25, -0.2) is 4.79 Å². The summed E-state index contributed by atoms with van der Waals surface area (Å²) in [6.45, 7) is 0.362. The summed E-state index contributed by atoms with van der Waals surface area (Å²) in [6.07, 6.45) is 1.24. The fourth-order valence-corrected chi connectivity index (χ4v) is 1.37. The normalized spacial score (nSPS) is 10.1. The van der Waals surface area contributed by atoms with Crippen LogP contribution in [-0.2, 0) is 4.74 Å². The quantitative estimate of drug-likeness (QED) is 0.470. The third kappa shape index (κ3) is 3.40. The van der Waals surface area contributed by atoms with Crippen LogP contribution in [0.15, 0.2) is 18.2 Å². The van der Waals surface area contributed by atoms with Crippen molar-refractivity contribution in [2.24, 2.45) is 0 Å². The number of anilines is 1. The van der Waals surface area contributed by atoms with E-state index < -0.39 is 5.97 Å². The van der Waals surface area contributed by atoms with Gasteiger partial charge in [-0.05, 0) is 25.0 Å². The average Bonchev–Trinajstić information content (AvgIpc) is 2.28. The van der Waals surface area contributed by atoms with Crippen molar-refractivity contribution < 1.29 is 14.6 Å². The molecule has 0 spiro atoms. The van der Waals surface area contributed by atoms with Crippen LogP contribution in [-0.4, -0.2) is 24.3 Å². The van der Waals surface area contributed by atoms with Gasteiger partial charge in [-0.15, -0.1) is 0 Å². The van der Waals surface area contributed by atoms with E-state index in [1.807, 2.05) is 0 Å². The molecular formula is C11H14ClNO3. The summed E-state index contributed by atoms with van der Waals surface area (Å²) < 4.78 is 4.98. The number of nitrogens with two attached hydrogens (primary N) is 1. The molecule has 0 radical (unpaired) electrons. The summed E-state index contributed by atoms with van der Waals surface area (Å²) in [5, 5.41) is 8.77. The van der Waals surface area contributed by atoms with Gasteiger partial charge in [0, 0.05) is 6.61 Å². The lowest BCUT2D eigenvalue weighted by atomic mass is 10.2. The lowest BCUT2D eigenvalue weighted by Crippen LogP contribution is -2.08. The smallest absolute Gasteiger partial charge is 0.339 e. The molecule has 0 aliphatic carbocycles. The van der Waals surface area contributed by atoms with Crippen LogP contribution in [0.3, 0.4) is 0 Å². The molecule has 0 aliphatic rings. The standard InChI is InChI=1S/C11H14ClNO3/c12-10-8(4-3-5-9(10)13)11(15)16-7-2-1-6-14/h3-5,14H,1-2,6-7,13H2. The molecule has 0 unspecified atom stereocenters. The van der Waals surface area contributed by atoms with Crippen LogP contribution in [0.1, 0.15) is 23.2 Å². The van der Waals surface area contributed by atoms with Crippen LogP contribution < -0.4 is 5.73 Å². The van der Waals surface area contributed by atoms with Gasteiger partial charge in [0.05, 0.1) is 22.9 Å². The van der Waals surface area contributed by atoms with Crippen molar-refractivity contribution in [1.29, 1.82) is 0 Å². The number of aliphatic hydroxyl groups is 1. The van der Waals surface area contributed by atoms with Crippen LogP contribution in [0.25, 0.3) is 0 Å². The zero-order valence-corrected chi connectivity index (χ0v) is 9.54. The molecule has 0 heterocycles. The zero-order chi connectivity index (χ0) is 12.0. The van der Waals surface area contributed by atoms with E-state index in [4.69, 9.17) is 27.2 Å². The summed E-state index contributed by atoms with van der Waals surface area (Å²) >= 11 is 5.86. The van der Waals surface area contributed by atoms with E-state index >= 15 is 0 Å². The number of esters is 1. The van der Waals surface area contributed by atoms with Gasteiger partial charge >= 0.3 is 5.97 Å². The molecule has 1 rings (SSSR count). The minimum Gasteiger partial charge on any atom is -0.462 e. The summed E-state index contributed by atoms with van der Waals surface area (Å²) in [5.74, 6) is -0.491. The number of hydrogen-bond donors (Lipinski definition) is 2. The molecule has 1 aromatic carbocycles. The van der Waals surface area contributed by atoms with Crippen molar-refractivity contribution >= 4 is 23.3 Å². The van der Waals surface area contributed by atoms with Crippen molar-refractivity contribution in [3.8, 4) is 0 Å². The van der Waals surface area contributed by atoms with Crippen molar-refractivity contribution in [1.82, 2.24) is 0 Å². The van der Waals surface area contributed by atoms with E-state index in [9.17, 15) is 4.79 Å². The Kier molecular flexibility index (Phi) is 5.08. The number of aliphatic hydroxyl groups excluding tert-OH is 1. The fraction of sp³-hybridized carbons (Fsp3) is 0.364. The predicted molar refractivity (Wildman–Crippen MR) is 62.5 cm³/mol. The number of benzene rings is 1. The predicted octanol–water partition coefficient (Wildman–Crippen LogP) is 1.85. The van der Waals surface area contributed by atoms with E-state index in [0.29, 0.717) is 18.5 Å². The summed E-state index contributed by atoms with van der Waals surface area (Å²) in [4.78, 5) is 11.6. The number of carbonyl (C=O) groups is 1. The Morgan fingerprint density at radius 1 is 1.44 bits per heavy atom. The zero-order valence-electron chi connectivity index (χ0n) is 8.78. The van der Waals surface area contributed by atoms with Gasteiger partial charge in [0.25, 0.3) is 0 Å². The maximum atomic E-state index is 11.6. The molecular weight excluding hydrogens is 230 g/mol. The third-order valence-corrected chi connectivity index (χ3v) is 2.46. The maximum absolute atomic E-state index is 11.6. The van der Waals surface area contributed by atoms with Gasteiger partial charge in [0.2, 0.25) is 0 Å². The molecule has 0 saturated carbocycles. The number of nitrogen functional groups attached to an aromatic ring is 1. The van der Waals surface area contributed by atoms with Crippen LogP contribution >= 0.6 is 11.6 Å². The highest BCUT2D eigenvalue weighted by molar-refractivity contribution is 6.36. The topological polar surface area (TPSA) is 72.6 Å². The highest BCUT2D eigenvalue weighted by Crippen LogP contribution is 2.23. The van der Waals surface area contributed by atoms with Gasteiger partial charge in [0.1, 0.15) is 0 Å². The number of rotatable bonds is 5. The van der Waals surface area contributed by atoms with Gasteiger partial charge in [-0.3, -0.25) is 0 Å². The van der Waals surface area contributed by atoms with Crippen LogP contribution in [0.5, 0.6) is 0 Å². The van der Waals surface area contributed by atoms with E-state index in [1.165, 1.54) is 0 Å². The summed E-state index contributed by atoms with van der Waals surface area (Å²) in [6, 6.07) is 4.82. The molecule has 88 valence electrons. The van der Waals surface area contributed by atoms with Gasteiger partial charge in [0.15, 0.2) is 0 Å². The second kappa shape index (κ2) is 6.35. The number of unbranched alkanes of at least 4 members (excludes halogenated alkanes) is 1. The van der Waals surface area contributed by atoms with E-state index in [-0.39, 0.29) is 23.8 Å². The minimum atomic E-state index is -0.491. The van der Waals surface area contributed by atoms with E-state index in [1.54, 1.807) is 18.2 Å². The maximum Gasteiger partial charge on any atom is 0.339 e. The van der Waals surface area contributed by atoms with Gasteiger partial charge in [-0.2, -0.15) is 0 Å². The van der Waals surface area contributed by atoms with Crippen LogP contribution in [0.4, 0.5) is 5.69 Å².